The molecule has 0 radical (unpaired) electrons. The Kier molecular flexibility index (Phi) is 6.05. The summed E-state index contributed by atoms with van der Waals surface area (Å²) in [6.07, 6.45) is 2.50. The fraction of sp³-hybridized carbons (Fsp3) is 0.529. The molecule has 0 spiro atoms. The molecule has 1 saturated heterocycles. The number of primary amides is 1. The number of hydrogen-bond acceptors (Lipinski definition) is 4. The molecule has 1 aliphatic rings. The number of rotatable bonds is 6. The van der Waals surface area contributed by atoms with E-state index in [0.717, 1.165) is 6.26 Å². The second-order valence-corrected chi connectivity index (χ2v) is 8.18. The molecule has 2 N–H and O–H groups in total. The van der Waals surface area contributed by atoms with Crippen LogP contribution in [0.1, 0.15) is 26.2 Å². The van der Waals surface area contributed by atoms with Crippen molar-refractivity contribution in [2.75, 3.05) is 23.7 Å². The highest BCUT2D eigenvalue weighted by Crippen LogP contribution is 2.25. The van der Waals surface area contributed by atoms with E-state index in [9.17, 15) is 18.0 Å². The minimum absolute atomic E-state index is 0.218. The van der Waals surface area contributed by atoms with Gasteiger partial charge in [0.1, 0.15) is 6.04 Å². The van der Waals surface area contributed by atoms with Crippen molar-refractivity contribution < 1.29 is 18.0 Å². The second kappa shape index (κ2) is 7.86. The number of carbonyl (C=O) groups is 2. The van der Waals surface area contributed by atoms with Gasteiger partial charge in [0, 0.05) is 19.0 Å². The van der Waals surface area contributed by atoms with Crippen molar-refractivity contribution >= 4 is 27.5 Å². The number of anilines is 1. The van der Waals surface area contributed by atoms with Gasteiger partial charge in [0.25, 0.3) is 0 Å². The first kappa shape index (κ1) is 19.2. The van der Waals surface area contributed by atoms with Gasteiger partial charge in [0.15, 0.2) is 0 Å². The van der Waals surface area contributed by atoms with Crippen molar-refractivity contribution in [3.8, 4) is 0 Å². The Balaban J connectivity index is 2.24. The van der Waals surface area contributed by atoms with Crippen LogP contribution in [0, 0.1) is 5.92 Å². The molecule has 1 heterocycles. The molecule has 8 heteroatoms. The van der Waals surface area contributed by atoms with Crippen LogP contribution < -0.4 is 10.0 Å². The fourth-order valence-corrected chi connectivity index (χ4v) is 4.42. The molecule has 1 fully saturated rings. The molecule has 0 bridgehead atoms. The molecule has 1 aromatic rings. The number of nitrogens with two attached hydrogens (primary N) is 1. The average Bonchev–Trinajstić information content (AvgIpc) is 2.58. The van der Waals surface area contributed by atoms with E-state index in [4.69, 9.17) is 5.73 Å². The maximum atomic E-state index is 13.0. The van der Waals surface area contributed by atoms with E-state index in [0.29, 0.717) is 38.0 Å². The van der Waals surface area contributed by atoms with Crippen molar-refractivity contribution in [3.05, 3.63) is 30.3 Å². The van der Waals surface area contributed by atoms with Crippen molar-refractivity contribution in [1.82, 2.24) is 4.90 Å². The van der Waals surface area contributed by atoms with Crippen LogP contribution in [-0.4, -0.2) is 50.5 Å². The Hall–Kier alpha value is -2.09. The van der Waals surface area contributed by atoms with E-state index in [1.165, 1.54) is 4.31 Å². The Morgan fingerprint density at radius 3 is 2.24 bits per heavy atom. The number of carbonyl (C=O) groups excluding carboxylic acids is 2. The van der Waals surface area contributed by atoms with Crippen LogP contribution in [0.15, 0.2) is 30.3 Å². The smallest absolute Gasteiger partial charge is 0.246 e. The van der Waals surface area contributed by atoms with Gasteiger partial charge >= 0.3 is 0 Å². The standard InChI is InChI=1S/C17H25N3O4S/c1-3-15(17(22)19-11-9-13(10-12-19)16(18)21)20(25(2,23)24)14-7-5-4-6-8-14/h4-8,13,15H,3,9-12H2,1-2H3,(H2,18,21)/t15-/m1/s1. The van der Waals surface area contributed by atoms with Crippen molar-refractivity contribution in [2.24, 2.45) is 11.7 Å². The van der Waals surface area contributed by atoms with Gasteiger partial charge in [-0.05, 0) is 31.4 Å². The average molecular weight is 367 g/mol. The van der Waals surface area contributed by atoms with Gasteiger partial charge in [0.2, 0.25) is 21.8 Å². The zero-order valence-corrected chi connectivity index (χ0v) is 15.4. The predicted octanol–water partition coefficient (Wildman–Crippen LogP) is 0.955. The number of piperidine rings is 1. The van der Waals surface area contributed by atoms with E-state index >= 15 is 0 Å². The highest BCUT2D eigenvalue weighted by molar-refractivity contribution is 7.92. The molecular weight excluding hydrogens is 342 g/mol. The molecule has 25 heavy (non-hydrogen) atoms. The SMILES string of the molecule is CC[C@H](C(=O)N1CCC(C(N)=O)CC1)N(c1ccccc1)S(C)(=O)=O. The molecule has 1 atom stereocenters. The van der Waals surface area contributed by atoms with Gasteiger partial charge in [-0.1, -0.05) is 25.1 Å². The van der Waals surface area contributed by atoms with Gasteiger partial charge in [0.05, 0.1) is 11.9 Å². The zero-order valence-electron chi connectivity index (χ0n) is 14.6. The minimum atomic E-state index is -3.63. The lowest BCUT2D eigenvalue weighted by atomic mass is 9.95. The summed E-state index contributed by atoms with van der Waals surface area (Å²) in [6.45, 7) is 2.62. The largest absolute Gasteiger partial charge is 0.369 e. The van der Waals surface area contributed by atoms with Crippen LogP contribution in [0.3, 0.4) is 0 Å². The van der Waals surface area contributed by atoms with E-state index in [2.05, 4.69) is 0 Å². The summed E-state index contributed by atoms with van der Waals surface area (Å²) in [6, 6.07) is 7.82. The van der Waals surface area contributed by atoms with E-state index in [-0.39, 0.29) is 17.7 Å². The quantitative estimate of drug-likeness (QED) is 0.809. The lowest BCUT2D eigenvalue weighted by molar-refractivity contribution is -0.135. The van der Waals surface area contributed by atoms with Gasteiger partial charge in [-0.25, -0.2) is 8.42 Å². The molecule has 0 saturated carbocycles. The molecule has 138 valence electrons. The molecule has 7 nitrogen and oxygen atoms in total. The summed E-state index contributed by atoms with van der Waals surface area (Å²) >= 11 is 0. The summed E-state index contributed by atoms with van der Waals surface area (Å²) in [4.78, 5) is 25.9. The van der Waals surface area contributed by atoms with Crippen molar-refractivity contribution in [1.29, 1.82) is 0 Å². The summed E-state index contributed by atoms with van der Waals surface area (Å²) in [5.74, 6) is -0.801. The van der Waals surface area contributed by atoms with Gasteiger partial charge in [-0.2, -0.15) is 0 Å². The Morgan fingerprint density at radius 1 is 1.24 bits per heavy atom. The highest BCUT2D eigenvalue weighted by Gasteiger charge is 2.36. The van der Waals surface area contributed by atoms with Crippen LogP contribution in [0.5, 0.6) is 0 Å². The van der Waals surface area contributed by atoms with Crippen LogP contribution in [-0.2, 0) is 19.6 Å². The number of nitrogens with zero attached hydrogens (tertiary/aromatic N) is 2. The van der Waals surface area contributed by atoms with E-state index < -0.39 is 16.1 Å². The predicted molar refractivity (Wildman–Crippen MR) is 96.3 cm³/mol. The highest BCUT2D eigenvalue weighted by atomic mass is 32.2. The number of likely N-dealkylation sites (tertiary alicyclic amines) is 1. The van der Waals surface area contributed by atoms with Gasteiger partial charge < -0.3 is 10.6 Å². The first-order valence-electron chi connectivity index (χ1n) is 8.38. The Morgan fingerprint density at radius 2 is 1.80 bits per heavy atom. The normalized spacial score (nSPS) is 17.1. The maximum absolute atomic E-state index is 13.0. The number of amides is 2. The number of hydrogen-bond donors (Lipinski definition) is 1. The minimum Gasteiger partial charge on any atom is -0.369 e. The third-order valence-corrected chi connectivity index (χ3v) is 5.71. The molecule has 0 aliphatic carbocycles. The summed E-state index contributed by atoms with van der Waals surface area (Å²) in [7, 11) is -3.63. The Labute approximate surface area is 148 Å². The Bertz CT molecular complexity index is 713. The van der Waals surface area contributed by atoms with Crippen LogP contribution >= 0.6 is 0 Å². The third kappa shape index (κ3) is 4.50. The fourth-order valence-electron chi connectivity index (χ4n) is 3.21. The van der Waals surface area contributed by atoms with Crippen LogP contribution in [0.2, 0.25) is 0 Å². The number of para-hydroxylation sites is 1. The molecule has 2 amide bonds. The monoisotopic (exact) mass is 367 g/mol. The zero-order chi connectivity index (χ0) is 18.6. The number of benzene rings is 1. The maximum Gasteiger partial charge on any atom is 0.246 e. The molecule has 0 aromatic heterocycles. The lowest BCUT2D eigenvalue weighted by Gasteiger charge is -2.37. The molecular formula is C17H25N3O4S. The number of sulfonamides is 1. The van der Waals surface area contributed by atoms with Crippen molar-refractivity contribution in [3.63, 3.8) is 0 Å². The van der Waals surface area contributed by atoms with E-state index in [1.54, 1.807) is 42.2 Å². The van der Waals surface area contributed by atoms with Gasteiger partial charge in [-0.3, -0.25) is 13.9 Å². The lowest BCUT2D eigenvalue weighted by Crippen LogP contribution is -2.53. The van der Waals surface area contributed by atoms with Crippen molar-refractivity contribution in [2.45, 2.75) is 32.2 Å². The summed E-state index contributed by atoms with van der Waals surface area (Å²) < 4.78 is 25.9. The molecule has 1 aromatic carbocycles. The summed E-state index contributed by atoms with van der Waals surface area (Å²) in [5, 5.41) is 0. The van der Waals surface area contributed by atoms with Crippen LogP contribution in [0.25, 0.3) is 0 Å². The first-order chi connectivity index (χ1) is 11.8. The first-order valence-corrected chi connectivity index (χ1v) is 10.2. The third-order valence-electron chi connectivity index (χ3n) is 4.53. The molecule has 1 aliphatic heterocycles. The molecule has 0 unspecified atom stereocenters. The van der Waals surface area contributed by atoms with E-state index in [1.807, 2.05) is 0 Å². The molecule has 2 rings (SSSR count). The van der Waals surface area contributed by atoms with Crippen LogP contribution in [0.4, 0.5) is 5.69 Å². The summed E-state index contributed by atoms with van der Waals surface area (Å²) in [5.41, 5.74) is 5.80. The topological polar surface area (TPSA) is 101 Å². The second-order valence-electron chi connectivity index (χ2n) is 6.32. The van der Waals surface area contributed by atoms with Gasteiger partial charge in [-0.15, -0.1) is 0 Å².